The van der Waals surface area contributed by atoms with Crippen molar-refractivity contribution in [3.05, 3.63) is 64.1 Å². The lowest BCUT2D eigenvalue weighted by atomic mass is 9.82. The molecule has 1 fully saturated rings. The molecule has 6 heteroatoms. The topological polar surface area (TPSA) is 71.2 Å². The normalized spacial score (nSPS) is 18.8. The highest BCUT2D eigenvalue weighted by atomic mass is 16.5. The van der Waals surface area contributed by atoms with E-state index in [-0.39, 0.29) is 23.0 Å². The number of piperidine rings is 1. The van der Waals surface area contributed by atoms with Crippen LogP contribution in [0.3, 0.4) is 0 Å². The van der Waals surface area contributed by atoms with Crippen molar-refractivity contribution < 1.29 is 4.74 Å². The molecule has 3 heterocycles. The van der Waals surface area contributed by atoms with Crippen LogP contribution in [-0.2, 0) is 12.5 Å². The fourth-order valence-corrected chi connectivity index (χ4v) is 4.50. The maximum Gasteiger partial charge on any atom is 0.252 e. The van der Waals surface area contributed by atoms with Crippen LogP contribution in [0.15, 0.2) is 47.3 Å². The first-order chi connectivity index (χ1) is 15.7. The molecule has 0 bridgehead atoms. The summed E-state index contributed by atoms with van der Waals surface area (Å²) >= 11 is 0. The molecule has 0 amide bonds. The first-order valence-electron chi connectivity index (χ1n) is 11.7. The minimum Gasteiger partial charge on any atom is -0.490 e. The van der Waals surface area contributed by atoms with Gasteiger partial charge in [-0.1, -0.05) is 39.8 Å². The van der Waals surface area contributed by atoms with E-state index in [0.29, 0.717) is 11.2 Å². The fraction of sp³-hybridized carbons (Fsp3) is 0.444. The van der Waals surface area contributed by atoms with Gasteiger partial charge in [-0.25, -0.2) is 4.98 Å². The molecule has 2 unspecified atom stereocenters. The molecule has 172 valence electrons. The van der Waals surface area contributed by atoms with Crippen molar-refractivity contribution >= 4 is 16.7 Å². The van der Waals surface area contributed by atoms with E-state index in [1.807, 2.05) is 0 Å². The van der Waals surface area contributed by atoms with Crippen molar-refractivity contribution in [2.45, 2.75) is 52.1 Å². The molecule has 0 saturated carbocycles. The van der Waals surface area contributed by atoms with Crippen molar-refractivity contribution in [1.82, 2.24) is 9.55 Å². The van der Waals surface area contributed by atoms with E-state index in [4.69, 9.17) is 4.74 Å². The van der Waals surface area contributed by atoms with Gasteiger partial charge in [-0.2, -0.15) is 5.26 Å². The number of hydrogen-bond acceptors (Lipinski definition) is 5. The molecule has 0 N–H and O–H groups in total. The van der Waals surface area contributed by atoms with Gasteiger partial charge in [-0.3, -0.25) is 4.79 Å². The molecule has 3 aromatic rings. The van der Waals surface area contributed by atoms with Crippen LogP contribution < -0.4 is 15.2 Å². The summed E-state index contributed by atoms with van der Waals surface area (Å²) in [6.07, 6.45) is 2.04. The van der Waals surface area contributed by atoms with Gasteiger partial charge in [0, 0.05) is 38.5 Å². The lowest BCUT2D eigenvalue weighted by molar-refractivity contribution is 0.121. The van der Waals surface area contributed by atoms with Gasteiger partial charge in [0.1, 0.15) is 29.1 Å². The fourth-order valence-electron chi connectivity index (χ4n) is 4.50. The summed E-state index contributed by atoms with van der Waals surface area (Å²) in [5.74, 6) is 1.17. The van der Waals surface area contributed by atoms with Gasteiger partial charge in [0.2, 0.25) is 0 Å². The first kappa shape index (κ1) is 22.8. The average Bonchev–Trinajstić information content (AvgIpc) is 2.82. The zero-order valence-corrected chi connectivity index (χ0v) is 20.1. The predicted octanol–water partition coefficient (Wildman–Crippen LogP) is 4.79. The van der Waals surface area contributed by atoms with E-state index < -0.39 is 0 Å². The average molecular weight is 445 g/mol. The third kappa shape index (κ3) is 4.45. The summed E-state index contributed by atoms with van der Waals surface area (Å²) in [4.78, 5) is 19.3. The Balaban J connectivity index is 1.53. The van der Waals surface area contributed by atoms with E-state index in [9.17, 15) is 10.1 Å². The molecular formula is C27H32N4O2. The minimum absolute atomic E-state index is 0.0786. The number of aryl methyl sites for hydroxylation is 1. The summed E-state index contributed by atoms with van der Waals surface area (Å²) in [5.41, 5.74) is 3.97. The molecule has 4 rings (SSSR count). The smallest absolute Gasteiger partial charge is 0.252 e. The summed E-state index contributed by atoms with van der Waals surface area (Å²) in [6, 6.07) is 15.7. The largest absolute Gasteiger partial charge is 0.490 e. The number of benzene rings is 1. The Hall–Kier alpha value is -3.33. The van der Waals surface area contributed by atoms with Crippen LogP contribution in [0.25, 0.3) is 11.0 Å². The Morgan fingerprint density at radius 2 is 1.94 bits per heavy atom. The molecule has 1 saturated heterocycles. The van der Waals surface area contributed by atoms with Crippen LogP contribution in [0.2, 0.25) is 0 Å². The molecule has 2 atom stereocenters. The number of fused-ring (bicyclic) bond motifs is 1. The van der Waals surface area contributed by atoms with Crippen LogP contribution in [0.4, 0.5) is 5.69 Å². The molecule has 1 aromatic carbocycles. The van der Waals surface area contributed by atoms with Gasteiger partial charge in [-0.15, -0.1) is 0 Å². The summed E-state index contributed by atoms with van der Waals surface area (Å²) in [6.45, 7) is 10.4. The molecule has 0 radical (unpaired) electrons. The van der Waals surface area contributed by atoms with Gasteiger partial charge < -0.3 is 14.2 Å². The highest BCUT2D eigenvalue weighted by Gasteiger charge is 2.29. The highest BCUT2D eigenvalue weighted by Crippen LogP contribution is 2.32. The van der Waals surface area contributed by atoms with Crippen molar-refractivity contribution in [3.8, 4) is 11.8 Å². The molecule has 0 spiro atoms. The van der Waals surface area contributed by atoms with Gasteiger partial charge in [0.05, 0.1) is 11.2 Å². The Kier molecular flexibility index (Phi) is 6.16. The van der Waals surface area contributed by atoms with Gasteiger partial charge in [0.15, 0.2) is 0 Å². The number of nitrogens with zero attached hydrogens (tertiary/aromatic N) is 4. The monoisotopic (exact) mass is 444 g/mol. The minimum atomic E-state index is -0.0786. The number of rotatable bonds is 5. The van der Waals surface area contributed by atoms with E-state index in [1.165, 1.54) is 5.56 Å². The summed E-state index contributed by atoms with van der Waals surface area (Å²) in [5, 5.41) is 9.30. The van der Waals surface area contributed by atoms with Crippen LogP contribution in [0, 0.1) is 17.2 Å². The molecule has 1 aliphatic rings. The van der Waals surface area contributed by atoms with E-state index >= 15 is 0 Å². The molecule has 0 aliphatic carbocycles. The van der Waals surface area contributed by atoms with E-state index in [1.54, 1.807) is 29.8 Å². The Morgan fingerprint density at radius 3 is 2.58 bits per heavy atom. The number of nitriles is 1. The standard InChI is InChI=1S/C27H32N4O2/c1-6-27(3,4)19-7-10-21(11-8-19)33-24-13-14-31(17-18(24)2)23-15-25(32)30(5)22-12-9-20(16-28)29-26(22)23/h7-12,15,18,24H,6,13-14,17H2,1-5H3. The van der Waals surface area contributed by atoms with Crippen molar-refractivity contribution in [2.75, 3.05) is 18.0 Å². The molecule has 1 aliphatic heterocycles. The maximum atomic E-state index is 12.6. The Labute approximate surface area is 195 Å². The van der Waals surface area contributed by atoms with Crippen LogP contribution in [0.5, 0.6) is 5.75 Å². The highest BCUT2D eigenvalue weighted by molar-refractivity contribution is 5.88. The second-order valence-corrected chi connectivity index (χ2v) is 9.73. The van der Waals surface area contributed by atoms with Gasteiger partial charge in [0.25, 0.3) is 5.56 Å². The second-order valence-electron chi connectivity index (χ2n) is 9.73. The SMILES string of the molecule is CCC(C)(C)c1ccc(OC2CCN(c3cc(=O)n(C)c4ccc(C#N)nc34)CC2C)cc1. The number of pyridine rings is 2. The number of hydrogen-bond donors (Lipinski definition) is 0. The van der Waals surface area contributed by atoms with Gasteiger partial charge in [-0.05, 0) is 41.7 Å². The second kappa shape index (κ2) is 8.90. The summed E-state index contributed by atoms with van der Waals surface area (Å²) < 4.78 is 7.95. The van der Waals surface area contributed by atoms with Crippen LogP contribution >= 0.6 is 0 Å². The van der Waals surface area contributed by atoms with E-state index in [2.05, 4.69) is 67.9 Å². The molecule has 33 heavy (non-hydrogen) atoms. The van der Waals surface area contributed by atoms with Crippen molar-refractivity contribution in [3.63, 3.8) is 0 Å². The Morgan fingerprint density at radius 1 is 1.21 bits per heavy atom. The lowest BCUT2D eigenvalue weighted by Crippen LogP contribution is -2.45. The van der Waals surface area contributed by atoms with Crippen molar-refractivity contribution in [1.29, 1.82) is 5.26 Å². The third-order valence-electron chi connectivity index (χ3n) is 7.16. The van der Waals surface area contributed by atoms with E-state index in [0.717, 1.165) is 42.9 Å². The maximum absolute atomic E-state index is 12.6. The number of aromatic nitrogens is 2. The lowest BCUT2D eigenvalue weighted by Gasteiger charge is -2.38. The van der Waals surface area contributed by atoms with Crippen LogP contribution in [0.1, 0.15) is 51.8 Å². The van der Waals surface area contributed by atoms with Crippen molar-refractivity contribution in [2.24, 2.45) is 13.0 Å². The zero-order chi connectivity index (χ0) is 23.8. The summed E-state index contributed by atoms with van der Waals surface area (Å²) in [7, 11) is 1.73. The third-order valence-corrected chi connectivity index (χ3v) is 7.16. The number of anilines is 1. The Bertz CT molecular complexity index is 1250. The predicted molar refractivity (Wildman–Crippen MR) is 132 cm³/mol. The zero-order valence-electron chi connectivity index (χ0n) is 20.1. The van der Waals surface area contributed by atoms with Crippen LogP contribution in [-0.4, -0.2) is 28.7 Å². The first-order valence-corrected chi connectivity index (χ1v) is 11.7. The quantitative estimate of drug-likeness (QED) is 0.566. The molecule has 6 nitrogen and oxygen atoms in total. The van der Waals surface area contributed by atoms with Gasteiger partial charge >= 0.3 is 0 Å². The number of ether oxygens (including phenoxy) is 1. The molecular weight excluding hydrogens is 412 g/mol. The molecule has 2 aromatic heterocycles.